The van der Waals surface area contributed by atoms with Crippen molar-refractivity contribution in [1.29, 1.82) is 0 Å². The topological polar surface area (TPSA) is 81.4 Å². The number of hydrogen-bond acceptors (Lipinski definition) is 5. The Morgan fingerprint density at radius 3 is 2.73 bits per heavy atom. The molecule has 0 aliphatic carbocycles. The van der Waals surface area contributed by atoms with Crippen LogP contribution in [0, 0.1) is 6.92 Å². The third-order valence-corrected chi connectivity index (χ3v) is 5.98. The van der Waals surface area contributed by atoms with Crippen molar-refractivity contribution in [1.82, 2.24) is 14.5 Å². The molecule has 0 saturated carbocycles. The van der Waals surface area contributed by atoms with E-state index in [1.165, 1.54) is 12.1 Å². The average Bonchev–Trinajstić information content (AvgIpc) is 3.26. The van der Waals surface area contributed by atoms with Crippen LogP contribution in [-0.2, 0) is 13.2 Å². The molecule has 1 amide bonds. The lowest BCUT2D eigenvalue weighted by atomic mass is 10.1. The van der Waals surface area contributed by atoms with Gasteiger partial charge in [0, 0.05) is 30.7 Å². The first kappa shape index (κ1) is 24.2. The lowest BCUT2D eigenvalue weighted by molar-refractivity contribution is -0.137. The number of dihydropyridines is 1. The van der Waals surface area contributed by atoms with E-state index < -0.39 is 17.6 Å². The molecule has 0 saturated heterocycles. The summed E-state index contributed by atoms with van der Waals surface area (Å²) in [5.41, 5.74) is 1.56. The van der Waals surface area contributed by atoms with Gasteiger partial charge in [-0.25, -0.2) is 4.98 Å². The molecule has 2 aromatic carbocycles. The first-order valence-electron chi connectivity index (χ1n) is 11.5. The van der Waals surface area contributed by atoms with Gasteiger partial charge in [-0.05, 0) is 55.0 Å². The van der Waals surface area contributed by atoms with E-state index in [9.17, 15) is 18.0 Å². The van der Waals surface area contributed by atoms with Crippen LogP contribution in [0.2, 0.25) is 0 Å². The van der Waals surface area contributed by atoms with Gasteiger partial charge in [0.05, 0.1) is 23.5 Å². The third kappa shape index (κ3) is 5.09. The number of fused-ring (bicyclic) bond motifs is 1. The van der Waals surface area contributed by atoms with Crippen LogP contribution >= 0.6 is 0 Å². The number of alkyl halides is 3. The molecule has 1 unspecified atom stereocenters. The van der Waals surface area contributed by atoms with Crippen LogP contribution in [0.3, 0.4) is 0 Å². The summed E-state index contributed by atoms with van der Waals surface area (Å²) in [6.45, 7) is 2.35. The van der Waals surface area contributed by atoms with Crippen molar-refractivity contribution in [2.24, 2.45) is 12.0 Å². The number of hydrogen-bond donors (Lipinski definition) is 1. The molecule has 0 radical (unpaired) electrons. The Balaban J connectivity index is 1.45. The molecule has 7 nitrogen and oxygen atoms in total. The summed E-state index contributed by atoms with van der Waals surface area (Å²) in [6, 6.07) is 11.2. The Morgan fingerprint density at radius 2 is 1.97 bits per heavy atom. The summed E-state index contributed by atoms with van der Waals surface area (Å²) < 4.78 is 47.2. The molecule has 0 bridgehead atoms. The van der Waals surface area contributed by atoms with Gasteiger partial charge in [0.15, 0.2) is 0 Å². The van der Waals surface area contributed by atoms with Crippen molar-refractivity contribution >= 4 is 28.8 Å². The summed E-state index contributed by atoms with van der Waals surface area (Å²) in [7, 11) is 1.86. The molecule has 5 rings (SSSR count). The van der Waals surface area contributed by atoms with E-state index in [2.05, 4.69) is 20.3 Å². The summed E-state index contributed by atoms with van der Waals surface area (Å²) >= 11 is 0. The molecule has 4 aromatic rings. The fraction of sp³-hybridized carbons (Fsp3) is 0.185. The standard InChI is InChI=1S/C27H22F3N5O2/c1-16-8-9-17(25(36)32-20-7-3-6-19(14-20)27(28,29)30)13-22(16)37-26-23-21(10-12-35(23)2)33-24(34-26)18-5-4-11-31-15-18/h3-14,18H,15H2,1-2H3,(H,32,36). The predicted octanol–water partition coefficient (Wildman–Crippen LogP) is 6.06. The van der Waals surface area contributed by atoms with Crippen LogP contribution in [-0.4, -0.2) is 33.2 Å². The number of carbonyl (C=O) groups is 1. The fourth-order valence-electron chi connectivity index (χ4n) is 3.99. The van der Waals surface area contributed by atoms with Gasteiger partial charge in [-0.15, -0.1) is 0 Å². The molecule has 1 aliphatic heterocycles. The highest BCUT2D eigenvalue weighted by Crippen LogP contribution is 2.33. The van der Waals surface area contributed by atoms with Gasteiger partial charge in [-0.2, -0.15) is 18.2 Å². The molecule has 0 spiro atoms. The number of benzene rings is 2. The van der Waals surface area contributed by atoms with E-state index in [0.717, 1.165) is 17.7 Å². The molecule has 188 valence electrons. The molecule has 2 aromatic heterocycles. The van der Waals surface area contributed by atoms with E-state index in [-0.39, 0.29) is 17.2 Å². The second-order valence-corrected chi connectivity index (χ2v) is 8.67. The van der Waals surface area contributed by atoms with Gasteiger partial charge in [-0.3, -0.25) is 9.79 Å². The van der Waals surface area contributed by atoms with Crippen molar-refractivity contribution in [3.05, 3.63) is 89.4 Å². The van der Waals surface area contributed by atoms with Crippen molar-refractivity contribution in [2.45, 2.75) is 19.0 Å². The minimum absolute atomic E-state index is 0.0389. The van der Waals surface area contributed by atoms with Gasteiger partial charge in [0.1, 0.15) is 17.1 Å². The minimum atomic E-state index is -4.51. The highest BCUT2D eigenvalue weighted by Gasteiger charge is 2.30. The molecule has 1 aliphatic rings. The number of aliphatic imine (C=N–C) groups is 1. The molecule has 3 heterocycles. The number of nitrogens with zero attached hydrogens (tertiary/aromatic N) is 4. The zero-order chi connectivity index (χ0) is 26.2. The second kappa shape index (κ2) is 9.53. The molecule has 10 heteroatoms. The Morgan fingerprint density at radius 1 is 1.14 bits per heavy atom. The lowest BCUT2D eigenvalue weighted by Crippen LogP contribution is -2.13. The molecular weight excluding hydrogens is 483 g/mol. The fourth-order valence-corrected chi connectivity index (χ4v) is 3.99. The normalized spacial score (nSPS) is 15.2. The van der Waals surface area contributed by atoms with Crippen LogP contribution in [0.1, 0.15) is 33.2 Å². The van der Waals surface area contributed by atoms with E-state index in [4.69, 9.17) is 4.74 Å². The SMILES string of the molecule is Cc1ccc(C(=O)Nc2cccc(C(F)(F)F)c2)cc1Oc1nc(C2C=CC=NC2)nc2ccn(C)c12. The van der Waals surface area contributed by atoms with E-state index >= 15 is 0 Å². The maximum atomic E-state index is 13.0. The van der Waals surface area contributed by atoms with Gasteiger partial charge in [0.25, 0.3) is 5.91 Å². The van der Waals surface area contributed by atoms with Crippen LogP contribution in [0.5, 0.6) is 11.6 Å². The van der Waals surface area contributed by atoms with Gasteiger partial charge in [-0.1, -0.05) is 18.2 Å². The number of carbonyl (C=O) groups excluding carboxylic acids is 1. The van der Waals surface area contributed by atoms with E-state index in [1.807, 2.05) is 43.0 Å². The first-order valence-corrected chi connectivity index (χ1v) is 11.5. The van der Waals surface area contributed by atoms with E-state index in [1.54, 1.807) is 24.4 Å². The Hall–Kier alpha value is -4.47. The average molecular weight is 506 g/mol. The number of amides is 1. The number of halogens is 3. The second-order valence-electron chi connectivity index (χ2n) is 8.67. The number of anilines is 1. The Kier molecular flexibility index (Phi) is 6.24. The van der Waals surface area contributed by atoms with Crippen LogP contribution in [0.15, 0.2) is 71.9 Å². The van der Waals surface area contributed by atoms with Crippen molar-refractivity contribution < 1.29 is 22.7 Å². The quantitative estimate of drug-likeness (QED) is 0.357. The number of ether oxygens (including phenoxy) is 1. The summed E-state index contributed by atoms with van der Waals surface area (Å²) in [5, 5.41) is 2.52. The Bertz CT molecular complexity index is 1560. The highest BCUT2D eigenvalue weighted by atomic mass is 19.4. The van der Waals surface area contributed by atoms with Crippen molar-refractivity contribution in [3.63, 3.8) is 0 Å². The largest absolute Gasteiger partial charge is 0.437 e. The zero-order valence-electron chi connectivity index (χ0n) is 20.0. The maximum absolute atomic E-state index is 13.0. The molecule has 37 heavy (non-hydrogen) atoms. The minimum Gasteiger partial charge on any atom is -0.437 e. The number of nitrogens with one attached hydrogen (secondary N) is 1. The smallest absolute Gasteiger partial charge is 0.416 e. The molecule has 1 N–H and O–H groups in total. The number of allylic oxidation sites excluding steroid dienone is 1. The summed E-state index contributed by atoms with van der Waals surface area (Å²) in [4.78, 5) is 26.5. The Labute approximate surface area is 210 Å². The maximum Gasteiger partial charge on any atom is 0.416 e. The highest BCUT2D eigenvalue weighted by molar-refractivity contribution is 6.04. The van der Waals surface area contributed by atoms with Gasteiger partial charge < -0.3 is 14.6 Å². The van der Waals surface area contributed by atoms with Crippen molar-refractivity contribution in [2.75, 3.05) is 11.9 Å². The lowest BCUT2D eigenvalue weighted by Gasteiger charge is -2.15. The first-order chi connectivity index (χ1) is 17.7. The summed E-state index contributed by atoms with van der Waals surface area (Å²) in [6.07, 6.45) is 2.91. The van der Waals surface area contributed by atoms with Crippen LogP contribution in [0.4, 0.5) is 18.9 Å². The number of aryl methyl sites for hydroxylation is 2. The molecular formula is C27H22F3N5O2. The molecule has 0 fully saturated rings. The van der Waals surface area contributed by atoms with Crippen LogP contribution < -0.4 is 10.1 Å². The molecule has 1 atom stereocenters. The monoisotopic (exact) mass is 505 g/mol. The van der Waals surface area contributed by atoms with Crippen molar-refractivity contribution in [3.8, 4) is 11.6 Å². The number of aromatic nitrogens is 3. The van der Waals surface area contributed by atoms with Gasteiger partial charge in [0.2, 0.25) is 5.88 Å². The predicted molar refractivity (Wildman–Crippen MR) is 134 cm³/mol. The zero-order valence-corrected chi connectivity index (χ0v) is 20.0. The summed E-state index contributed by atoms with van der Waals surface area (Å²) in [5.74, 6) is 0.623. The van der Waals surface area contributed by atoms with Crippen LogP contribution in [0.25, 0.3) is 11.0 Å². The third-order valence-electron chi connectivity index (χ3n) is 5.98. The van der Waals surface area contributed by atoms with E-state index in [0.29, 0.717) is 35.0 Å². The van der Waals surface area contributed by atoms with Gasteiger partial charge >= 0.3 is 6.18 Å². The number of rotatable bonds is 5.